The molecule has 1 unspecified atom stereocenters. The molecule has 0 aliphatic rings. The van der Waals surface area contributed by atoms with Gasteiger partial charge in [0.05, 0.1) is 11.7 Å². The Morgan fingerprint density at radius 1 is 1.45 bits per heavy atom. The Morgan fingerprint density at radius 3 is 2.60 bits per heavy atom. The fraction of sp³-hybridized carbons (Fsp3) is 0.286. The van der Waals surface area contributed by atoms with Crippen LogP contribution in [0.4, 0.5) is 5.13 Å². The number of nitrogens with two attached hydrogens (primary N) is 1. The third-order valence-electron chi connectivity index (χ3n) is 3.01. The fourth-order valence-electron chi connectivity index (χ4n) is 1.97. The molecule has 20 heavy (non-hydrogen) atoms. The largest absolute Gasteiger partial charge is 0.375 e. The molecule has 0 radical (unpaired) electrons. The fourth-order valence-corrected chi connectivity index (χ4v) is 2.83. The van der Waals surface area contributed by atoms with Gasteiger partial charge in [-0.05, 0) is 31.0 Å². The van der Waals surface area contributed by atoms with Gasteiger partial charge in [0.2, 0.25) is 0 Å². The molecule has 3 N–H and O–H groups in total. The van der Waals surface area contributed by atoms with E-state index in [1.54, 1.807) is 6.92 Å². The molecule has 1 aromatic carbocycles. The highest BCUT2D eigenvalue weighted by Crippen LogP contribution is 2.23. The maximum Gasteiger partial charge on any atom is 0.263 e. The van der Waals surface area contributed by atoms with Crippen LogP contribution in [0.5, 0.6) is 0 Å². The van der Waals surface area contributed by atoms with E-state index < -0.39 is 0 Å². The van der Waals surface area contributed by atoms with Crippen molar-refractivity contribution >= 4 is 34.0 Å². The predicted molar refractivity (Wildman–Crippen MR) is 83.2 cm³/mol. The van der Waals surface area contributed by atoms with Crippen molar-refractivity contribution in [2.75, 3.05) is 5.73 Å². The van der Waals surface area contributed by atoms with Gasteiger partial charge in [0.15, 0.2) is 5.13 Å². The Hall–Kier alpha value is -1.59. The Balaban J connectivity index is 2.16. The molecule has 4 nitrogen and oxygen atoms in total. The van der Waals surface area contributed by atoms with Crippen molar-refractivity contribution in [2.24, 2.45) is 0 Å². The molecule has 1 aromatic heterocycles. The molecule has 6 heteroatoms. The number of nitrogen functional groups attached to an aromatic ring is 1. The quantitative estimate of drug-likeness (QED) is 0.907. The van der Waals surface area contributed by atoms with Crippen molar-refractivity contribution in [1.82, 2.24) is 10.3 Å². The number of benzene rings is 1. The van der Waals surface area contributed by atoms with Crippen molar-refractivity contribution in [2.45, 2.75) is 26.3 Å². The van der Waals surface area contributed by atoms with Gasteiger partial charge in [-0.15, -0.1) is 0 Å². The molecule has 0 spiro atoms. The monoisotopic (exact) mass is 309 g/mol. The minimum absolute atomic E-state index is 0.0532. The minimum Gasteiger partial charge on any atom is -0.375 e. The van der Waals surface area contributed by atoms with E-state index in [1.807, 2.05) is 31.2 Å². The smallest absolute Gasteiger partial charge is 0.263 e. The van der Waals surface area contributed by atoms with Gasteiger partial charge in [-0.2, -0.15) is 0 Å². The first-order chi connectivity index (χ1) is 9.51. The number of hydrogen-bond acceptors (Lipinski definition) is 4. The second kappa shape index (κ2) is 6.24. The lowest BCUT2D eigenvalue weighted by molar-refractivity contribution is 0.0939. The van der Waals surface area contributed by atoms with Gasteiger partial charge < -0.3 is 11.1 Å². The minimum atomic E-state index is -0.140. The van der Waals surface area contributed by atoms with Crippen LogP contribution in [0.3, 0.4) is 0 Å². The average Bonchev–Trinajstić information content (AvgIpc) is 2.76. The lowest BCUT2D eigenvalue weighted by Gasteiger charge is -2.17. The van der Waals surface area contributed by atoms with Crippen molar-refractivity contribution in [1.29, 1.82) is 0 Å². The van der Waals surface area contributed by atoms with Gasteiger partial charge in [-0.25, -0.2) is 4.98 Å². The van der Waals surface area contributed by atoms with Crippen LogP contribution >= 0.6 is 22.9 Å². The lowest BCUT2D eigenvalue weighted by atomic mass is 10.0. The number of aromatic nitrogens is 1. The van der Waals surface area contributed by atoms with Gasteiger partial charge in [0.25, 0.3) is 5.91 Å². The van der Waals surface area contributed by atoms with Gasteiger partial charge in [0.1, 0.15) is 4.88 Å². The third kappa shape index (κ3) is 3.29. The number of halogens is 1. The zero-order valence-electron chi connectivity index (χ0n) is 11.3. The van der Waals surface area contributed by atoms with Crippen LogP contribution in [0.25, 0.3) is 0 Å². The molecule has 2 aromatic rings. The number of carbonyl (C=O) groups is 1. The van der Waals surface area contributed by atoms with E-state index in [2.05, 4.69) is 10.3 Å². The molecular weight excluding hydrogens is 294 g/mol. The zero-order valence-corrected chi connectivity index (χ0v) is 12.9. The van der Waals surface area contributed by atoms with E-state index in [0.717, 1.165) is 12.0 Å². The van der Waals surface area contributed by atoms with Crippen molar-refractivity contribution in [3.05, 3.63) is 45.4 Å². The van der Waals surface area contributed by atoms with Crippen LogP contribution in [0.2, 0.25) is 5.02 Å². The number of anilines is 1. The second-order valence-electron chi connectivity index (χ2n) is 4.45. The molecule has 0 saturated heterocycles. The van der Waals surface area contributed by atoms with Gasteiger partial charge in [-0.3, -0.25) is 4.79 Å². The van der Waals surface area contributed by atoms with Crippen molar-refractivity contribution < 1.29 is 4.79 Å². The van der Waals surface area contributed by atoms with Crippen LogP contribution in [-0.2, 0) is 0 Å². The maximum atomic E-state index is 12.3. The summed E-state index contributed by atoms with van der Waals surface area (Å²) in [5.41, 5.74) is 7.31. The third-order valence-corrected chi connectivity index (χ3v) is 4.24. The highest BCUT2D eigenvalue weighted by molar-refractivity contribution is 7.17. The topological polar surface area (TPSA) is 68.0 Å². The number of aryl methyl sites for hydroxylation is 1. The molecule has 0 bridgehead atoms. The highest BCUT2D eigenvalue weighted by Gasteiger charge is 2.18. The van der Waals surface area contributed by atoms with E-state index in [1.165, 1.54) is 11.3 Å². The van der Waals surface area contributed by atoms with Gasteiger partial charge in [-0.1, -0.05) is 42.0 Å². The number of hydrogen-bond donors (Lipinski definition) is 2. The van der Waals surface area contributed by atoms with Gasteiger partial charge >= 0.3 is 0 Å². The molecule has 0 aliphatic heterocycles. The van der Waals surface area contributed by atoms with Crippen LogP contribution < -0.4 is 11.1 Å². The summed E-state index contributed by atoms with van der Waals surface area (Å²) in [6, 6.07) is 7.43. The summed E-state index contributed by atoms with van der Waals surface area (Å²) in [7, 11) is 0. The molecular formula is C14H16ClN3OS. The van der Waals surface area contributed by atoms with E-state index in [-0.39, 0.29) is 11.9 Å². The van der Waals surface area contributed by atoms with E-state index >= 15 is 0 Å². The predicted octanol–water partition coefficient (Wildman–Crippen LogP) is 3.57. The first kappa shape index (κ1) is 14.8. The number of nitrogens with zero attached hydrogens (tertiary/aromatic N) is 1. The first-order valence-corrected chi connectivity index (χ1v) is 7.50. The summed E-state index contributed by atoms with van der Waals surface area (Å²) in [6.45, 7) is 3.80. The molecule has 2 rings (SSSR count). The zero-order chi connectivity index (χ0) is 14.7. The molecule has 1 heterocycles. The van der Waals surface area contributed by atoms with Crippen LogP contribution in [0.1, 0.15) is 40.3 Å². The molecule has 0 saturated carbocycles. The number of amides is 1. The average molecular weight is 310 g/mol. The van der Waals surface area contributed by atoms with E-state index in [0.29, 0.717) is 20.7 Å². The molecule has 106 valence electrons. The van der Waals surface area contributed by atoms with Gasteiger partial charge in [0, 0.05) is 5.02 Å². The first-order valence-electron chi connectivity index (χ1n) is 6.30. The summed E-state index contributed by atoms with van der Waals surface area (Å²) >= 11 is 7.08. The maximum absolute atomic E-state index is 12.3. The van der Waals surface area contributed by atoms with E-state index in [9.17, 15) is 4.79 Å². The Morgan fingerprint density at radius 2 is 2.10 bits per heavy atom. The van der Waals surface area contributed by atoms with Crippen LogP contribution in [-0.4, -0.2) is 10.9 Å². The van der Waals surface area contributed by atoms with Crippen molar-refractivity contribution in [3.63, 3.8) is 0 Å². The summed E-state index contributed by atoms with van der Waals surface area (Å²) in [4.78, 5) is 16.9. The molecule has 0 fully saturated rings. The molecule has 1 atom stereocenters. The molecule has 1 amide bonds. The lowest BCUT2D eigenvalue weighted by Crippen LogP contribution is -2.28. The summed E-state index contributed by atoms with van der Waals surface area (Å²) in [6.07, 6.45) is 0.792. The van der Waals surface area contributed by atoms with Crippen LogP contribution in [0, 0.1) is 6.92 Å². The Labute approximate surface area is 127 Å². The summed E-state index contributed by atoms with van der Waals surface area (Å²) in [5.74, 6) is -0.140. The van der Waals surface area contributed by atoms with Crippen molar-refractivity contribution in [3.8, 4) is 0 Å². The highest BCUT2D eigenvalue weighted by atomic mass is 35.5. The number of nitrogens with one attached hydrogen (secondary N) is 1. The number of rotatable bonds is 4. The summed E-state index contributed by atoms with van der Waals surface area (Å²) < 4.78 is 0. The molecule has 0 aliphatic carbocycles. The number of carbonyl (C=O) groups excluding carboxylic acids is 1. The Kier molecular flexibility index (Phi) is 4.62. The SMILES string of the molecule is CCC(NC(=O)c1sc(N)nc1C)c1ccc(Cl)cc1. The Bertz CT molecular complexity index is 609. The number of thiazole rings is 1. The van der Waals surface area contributed by atoms with E-state index in [4.69, 9.17) is 17.3 Å². The van der Waals surface area contributed by atoms with Crippen LogP contribution in [0.15, 0.2) is 24.3 Å². The standard InChI is InChI=1S/C14H16ClN3OS/c1-3-11(9-4-6-10(15)7-5-9)18-13(19)12-8(2)17-14(16)20-12/h4-7,11H,3H2,1-2H3,(H2,16,17)(H,18,19). The second-order valence-corrected chi connectivity index (χ2v) is 5.92. The normalized spacial score (nSPS) is 12.2. The summed E-state index contributed by atoms with van der Waals surface area (Å²) in [5, 5.41) is 4.10.